The van der Waals surface area contributed by atoms with Gasteiger partial charge in [0, 0.05) is 35.0 Å². The molecule has 1 unspecified atom stereocenters. The molecule has 126 valence electrons. The maximum absolute atomic E-state index is 12.6. The minimum Gasteiger partial charge on any atom is -0.492 e. The van der Waals surface area contributed by atoms with Crippen molar-refractivity contribution < 1.29 is 9.53 Å². The van der Waals surface area contributed by atoms with Crippen molar-refractivity contribution in [2.24, 2.45) is 0 Å². The maximum atomic E-state index is 12.6. The quantitative estimate of drug-likeness (QED) is 0.859. The van der Waals surface area contributed by atoms with Crippen molar-refractivity contribution in [1.29, 1.82) is 0 Å². The molecule has 24 heavy (non-hydrogen) atoms. The van der Waals surface area contributed by atoms with Crippen molar-refractivity contribution in [1.82, 2.24) is 5.32 Å². The first-order chi connectivity index (χ1) is 11.3. The molecule has 1 amide bonds. The normalized spacial score (nSPS) is 18.4. The molecule has 1 atom stereocenters. The van der Waals surface area contributed by atoms with Crippen LogP contribution in [0.1, 0.15) is 17.0 Å². The van der Waals surface area contributed by atoms with Gasteiger partial charge in [-0.05, 0) is 29.8 Å². The lowest BCUT2D eigenvalue weighted by Crippen LogP contribution is -2.21. The van der Waals surface area contributed by atoms with Crippen molar-refractivity contribution in [2.75, 3.05) is 24.2 Å². The van der Waals surface area contributed by atoms with Crippen LogP contribution in [0, 0.1) is 0 Å². The van der Waals surface area contributed by atoms with E-state index >= 15 is 0 Å². The molecule has 0 bridgehead atoms. The van der Waals surface area contributed by atoms with Gasteiger partial charge in [0.25, 0.3) is 0 Å². The lowest BCUT2D eigenvalue weighted by atomic mass is 10.0. The molecule has 2 aliphatic rings. The van der Waals surface area contributed by atoms with Crippen molar-refractivity contribution in [3.05, 3.63) is 53.6 Å². The molecule has 4 nitrogen and oxygen atoms in total. The SMILES string of the molecule is Cl.O=C(Nc1ccc2c(c1)CNCCO2)C1CSc2ccccc21. The Labute approximate surface area is 151 Å². The number of ether oxygens (including phenoxy) is 1. The van der Waals surface area contributed by atoms with Crippen LogP contribution in [-0.2, 0) is 11.3 Å². The van der Waals surface area contributed by atoms with Crippen LogP contribution in [0.3, 0.4) is 0 Å². The van der Waals surface area contributed by atoms with Crippen LogP contribution in [0.5, 0.6) is 5.75 Å². The van der Waals surface area contributed by atoms with E-state index in [4.69, 9.17) is 4.74 Å². The highest BCUT2D eigenvalue weighted by Crippen LogP contribution is 2.39. The zero-order valence-corrected chi connectivity index (χ0v) is 14.7. The van der Waals surface area contributed by atoms with Crippen LogP contribution in [-0.4, -0.2) is 24.8 Å². The summed E-state index contributed by atoms with van der Waals surface area (Å²) >= 11 is 1.75. The number of rotatable bonds is 2. The van der Waals surface area contributed by atoms with Crippen molar-refractivity contribution in [3.63, 3.8) is 0 Å². The molecule has 2 aromatic carbocycles. The molecule has 2 N–H and O–H groups in total. The van der Waals surface area contributed by atoms with Gasteiger partial charge in [0.1, 0.15) is 12.4 Å². The van der Waals surface area contributed by atoms with E-state index in [1.807, 2.05) is 36.4 Å². The predicted octanol–water partition coefficient (Wildman–Crippen LogP) is 3.42. The second-order valence-electron chi connectivity index (χ2n) is 5.74. The molecule has 0 aliphatic carbocycles. The largest absolute Gasteiger partial charge is 0.492 e. The Bertz CT molecular complexity index is 754. The lowest BCUT2D eigenvalue weighted by Gasteiger charge is -2.13. The van der Waals surface area contributed by atoms with Crippen LogP contribution in [0.4, 0.5) is 5.69 Å². The van der Waals surface area contributed by atoms with Gasteiger partial charge in [0.2, 0.25) is 5.91 Å². The number of hydrogen-bond acceptors (Lipinski definition) is 4. The van der Waals surface area contributed by atoms with Gasteiger partial charge >= 0.3 is 0 Å². The summed E-state index contributed by atoms with van der Waals surface area (Å²) in [4.78, 5) is 13.9. The fourth-order valence-corrected chi connectivity index (χ4v) is 4.23. The topological polar surface area (TPSA) is 50.4 Å². The highest BCUT2D eigenvalue weighted by Gasteiger charge is 2.29. The Morgan fingerprint density at radius 3 is 3.04 bits per heavy atom. The molecule has 0 saturated heterocycles. The number of hydrogen-bond donors (Lipinski definition) is 2. The molecule has 0 aromatic heterocycles. The van der Waals surface area contributed by atoms with Gasteiger partial charge in [0.15, 0.2) is 0 Å². The minimum absolute atomic E-state index is 0. The summed E-state index contributed by atoms with van der Waals surface area (Å²) in [5, 5.41) is 6.37. The molecule has 2 heterocycles. The Kier molecular flexibility index (Phi) is 5.33. The average molecular weight is 363 g/mol. The molecule has 2 aliphatic heterocycles. The third kappa shape index (κ3) is 3.38. The first kappa shape index (κ1) is 17.1. The summed E-state index contributed by atoms with van der Waals surface area (Å²) in [6, 6.07) is 14.0. The standard InChI is InChI=1S/C18H18N2O2S.ClH/c21-18(15-11-23-17-4-2-1-3-14(15)17)20-13-5-6-16-12(9-13)10-19-7-8-22-16;/h1-6,9,15,19H,7-8,10-11H2,(H,20,21);1H. The van der Waals surface area contributed by atoms with E-state index in [2.05, 4.69) is 16.7 Å². The van der Waals surface area contributed by atoms with Crippen molar-refractivity contribution in [3.8, 4) is 5.75 Å². The number of halogens is 1. The average Bonchev–Trinajstić information content (AvgIpc) is 2.86. The second-order valence-corrected chi connectivity index (χ2v) is 6.80. The van der Waals surface area contributed by atoms with Gasteiger partial charge in [-0.2, -0.15) is 0 Å². The smallest absolute Gasteiger partial charge is 0.232 e. The molecule has 0 spiro atoms. The Morgan fingerprint density at radius 2 is 2.12 bits per heavy atom. The van der Waals surface area contributed by atoms with E-state index in [0.717, 1.165) is 41.4 Å². The summed E-state index contributed by atoms with van der Waals surface area (Å²) < 4.78 is 5.68. The highest BCUT2D eigenvalue weighted by atomic mass is 35.5. The minimum atomic E-state index is -0.0793. The first-order valence-electron chi connectivity index (χ1n) is 7.80. The Balaban J connectivity index is 0.00000169. The van der Waals surface area contributed by atoms with Crippen LogP contribution >= 0.6 is 24.2 Å². The zero-order valence-electron chi connectivity index (χ0n) is 13.1. The number of carbonyl (C=O) groups excluding carboxylic acids is 1. The number of amides is 1. The van der Waals surface area contributed by atoms with E-state index < -0.39 is 0 Å². The van der Waals surface area contributed by atoms with E-state index in [-0.39, 0.29) is 24.2 Å². The first-order valence-corrected chi connectivity index (χ1v) is 8.79. The number of nitrogens with one attached hydrogen (secondary N) is 2. The van der Waals surface area contributed by atoms with Crippen LogP contribution in [0.2, 0.25) is 0 Å². The monoisotopic (exact) mass is 362 g/mol. The van der Waals surface area contributed by atoms with Gasteiger partial charge < -0.3 is 15.4 Å². The molecule has 0 saturated carbocycles. The lowest BCUT2D eigenvalue weighted by molar-refractivity contribution is -0.117. The Morgan fingerprint density at radius 1 is 1.25 bits per heavy atom. The van der Waals surface area contributed by atoms with Crippen molar-refractivity contribution >= 4 is 35.8 Å². The number of carbonyl (C=O) groups is 1. The molecule has 0 radical (unpaired) electrons. The van der Waals surface area contributed by atoms with E-state index in [0.29, 0.717) is 6.61 Å². The van der Waals surface area contributed by atoms with E-state index in [9.17, 15) is 4.79 Å². The third-order valence-corrected chi connectivity index (χ3v) is 5.38. The number of fused-ring (bicyclic) bond motifs is 2. The molecular weight excluding hydrogens is 344 g/mol. The van der Waals surface area contributed by atoms with E-state index in [1.54, 1.807) is 11.8 Å². The number of benzene rings is 2. The van der Waals surface area contributed by atoms with Gasteiger partial charge in [-0.3, -0.25) is 4.79 Å². The fourth-order valence-electron chi connectivity index (χ4n) is 3.00. The third-order valence-electron chi connectivity index (χ3n) is 4.20. The van der Waals surface area contributed by atoms with Gasteiger partial charge in [-0.1, -0.05) is 18.2 Å². The second kappa shape index (κ2) is 7.47. The summed E-state index contributed by atoms with van der Waals surface area (Å²) in [6.07, 6.45) is 0. The van der Waals surface area contributed by atoms with E-state index in [1.165, 1.54) is 4.90 Å². The summed E-state index contributed by atoms with van der Waals surface area (Å²) in [6.45, 7) is 2.28. The maximum Gasteiger partial charge on any atom is 0.232 e. The molecule has 0 fully saturated rings. The summed E-state index contributed by atoms with van der Waals surface area (Å²) in [5.41, 5.74) is 3.05. The summed E-state index contributed by atoms with van der Waals surface area (Å²) in [7, 11) is 0. The number of thioether (sulfide) groups is 1. The molecule has 6 heteroatoms. The Hall–Kier alpha value is -1.69. The van der Waals surface area contributed by atoms with Gasteiger partial charge in [0.05, 0.1) is 5.92 Å². The number of anilines is 1. The van der Waals surface area contributed by atoms with Crippen LogP contribution in [0.15, 0.2) is 47.4 Å². The predicted molar refractivity (Wildman–Crippen MR) is 99.4 cm³/mol. The van der Waals surface area contributed by atoms with Crippen LogP contribution in [0.25, 0.3) is 0 Å². The highest BCUT2D eigenvalue weighted by molar-refractivity contribution is 7.99. The van der Waals surface area contributed by atoms with Crippen LogP contribution < -0.4 is 15.4 Å². The summed E-state index contributed by atoms with van der Waals surface area (Å²) in [5.74, 6) is 1.69. The zero-order chi connectivity index (χ0) is 15.6. The molecule has 4 rings (SSSR count). The fraction of sp³-hybridized carbons (Fsp3) is 0.278. The molecule has 2 aromatic rings. The molecular formula is C18H19ClN2O2S. The van der Waals surface area contributed by atoms with Crippen molar-refractivity contribution in [2.45, 2.75) is 17.4 Å². The van der Waals surface area contributed by atoms with Gasteiger partial charge in [-0.25, -0.2) is 0 Å². The van der Waals surface area contributed by atoms with Gasteiger partial charge in [-0.15, -0.1) is 24.2 Å².